The van der Waals surface area contributed by atoms with E-state index in [4.69, 9.17) is 30.2 Å². The van der Waals surface area contributed by atoms with Gasteiger partial charge in [0.15, 0.2) is 11.5 Å². The molecule has 0 bridgehead atoms. The predicted molar refractivity (Wildman–Crippen MR) is 145 cm³/mol. The van der Waals surface area contributed by atoms with Crippen molar-refractivity contribution in [3.63, 3.8) is 0 Å². The first kappa shape index (κ1) is 25.7. The number of carbonyl (C=O) groups excluding carboxylic acids is 1. The van der Waals surface area contributed by atoms with E-state index in [1.807, 2.05) is 72.5 Å². The van der Waals surface area contributed by atoms with Gasteiger partial charge in [-0.2, -0.15) is 0 Å². The number of carbonyl (C=O) groups is 1. The summed E-state index contributed by atoms with van der Waals surface area (Å²) in [6, 6.07) is 18.6. The van der Waals surface area contributed by atoms with E-state index in [-0.39, 0.29) is 18.4 Å². The fraction of sp³-hybridized carbons (Fsp3) is 0.267. The van der Waals surface area contributed by atoms with Gasteiger partial charge in [0.05, 0.1) is 39.5 Å². The molecule has 1 aliphatic heterocycles. The highest BCUT2D eigenvalue weighted by Crippen LogP contribution is 2.43. The van der Waals surface area contributed by atoms with Crippen molar-refractivity contribution in [3.05, 3.63) is 93.8 Å². The van der Waals surface area contributed by atoms with Crippen LogP contribution in [-0.2, 0) is 17.6 Å². The number of aryl methyl sites for hydroxylation is 1. The summed E-state index contributed by atoms with van der Waals surface area (Å²) in [6.07, 6.45) is 0.784. The van der Waals surface area contributed by atoms with E-state index in [0.29, 0.717) is 46.8 Å². The average molecular weight is 533 g/mol. The number of aromatic nitrogens is 1. The summed E-state index contributed by atoms with van der Waals surface area (Å²) in [6.45, 7) is 2.36. The number of hydrogen-bond acceptors (Lipinski definition) is 6. The van der Waals surface area contributed by atoms with Gasteiger partial charge >= 0.3 is 0 Å². The zero-order valence-electron chi connectivity index (χ0n) is 21.8. The average Bonchev–Trinajstić information content (AvgIpc) is 3.31. The molecule has 0 radical (unpaired) electrons. The van der Waals surface area contributed by atoms with Gasteiger partial charge in [0.2, 0.25) is 11.8 Å². The summed E-state index contributed by atoms with van der Waals surface area (Å²) < 4.78 is 22.3. The normalized spacial score (nSPS) is 14.7. The van der Waals surface area contributed by atoms with Gasteiger partial charge in [-0.15, -0.1) is 0 Å². The lowest BCUT2D eigenvalue weighted by molar-refractivity contribution is -0.132. The first-order valence-electron chi connectivity index (χ1n) is 12.3. The molecule has 1 aromatic heterocycles. The maximum Gasteiger partial charge on any atom is 0.229 e. The van der Waals surface area contributed by atoms with E-state index < -0.39 is 0 Å². The molecule has 0 N–H and O–H groups in total. The largest absolute Gasteiger partial charge is 0.497 e. The number of halogens is 1. The van der Waals surface area contributed by atoms with Crippen LogP contribution in [0.4, 0.5) is 0 Å². The van der Waals surface area contributed by atoms with Gasteiger partial charge in [0.25, 0.3) is 0 Å². The van der Waals surface area contributed by atoms with Gasteiger partial charge in [0.1, 0.15) is 11.5 Å². The summed E-state index contributed by atoms with van der Waals surface area (Å²) in [5, 5.41) is 0.595. The van der Waals surface area contributed by atoms with Crippen molar-refractivity contribution in [1.82, 2.24) is 9.88 Å². The summed E-state index contributed by atoms with van der Waals surface area (Å²) in [7, 11) is 4.85. The smallest absolute Gasteiger partial charge is 0.229 e. The van der Waals surface area contributed by atoms with Crippen LogP contribution in [0, 0.1) is 6.92 Å². The second-order valence-electron chi connectivity index (χ2n) is 9.09. The number of benzene rings is 3. The number of hydrogen-bond donors (Lipinski definition) is 0. The van der Waals surface area contributed by atoms with E-state index in [1.165, 1.54) is 0 Å². The zero-order chi connectivity index (χ0) is 26.8. The Morgan fingerprint density at radius 3 is 2.39 bits per heavy atom. The highest BCUT2D eigenvalue weighted by Gasteiger charge is 2.35. The highest BCUT2D eigenvalue weighted by atomic mass is 35.5. The first-order chi connectivity index (χ1) is 18.4. The molecule has 0 fully saturated rings. The number of rotatable bonds is 7. The molecule has 1 atom stereocenters. The summed E-state index contributed by atoms with van der Waals surface area (Å²) in [4.78, 5) is 20.4. The summed E-state index contributed by atoms with van der Waals surface area (Å²) in [5.41, 5.74) is 4.33. The van der Waals surface area contributed by atoms with Crippen LogP contribution >= 0.6 is 11.6 Å². The molecule has 196 valence electrons. The summed E-state index contributed by atoms with van der Waals surface area (Å²) in [5.74, 6) is 3.03. The first-order valence-corrected chi connectivity index (χ1v) is 12.7. The highest BCUT2D eigenvalue weighted by molar-refractivity contribution is 6.31. The molecule has 1 amide bonds. The lowest BCUT2D eigenvalue weighted by atomic mass is 9.87. The molecule has 8 heteroatoms. The molecule has 0 saturated carbocycles. The van der Waals surface area contributed by atoms with Crippen LogP contribution in [0.15, 0.2) is 65.1 Å². The molecular formula is C30H29ClN2O5. The lowest BCUT2D eigenvalue weighted by Gasteiger charge is -2.38. The Labute approximate surface area is 226 Å². The number of oxazole rings is 1. The van der Waals surface area contributed by atoms with E-state index >= 15 is 0 Å². The molecule has 0 saturated heterocycles. The van der Waals surface area contributed by atoms with Gasteiger partial charge in [-0.1, -0.05) is 29.8 Å². The molecule has 5 rings (SSSR count). The third-order valence-electron chi connectivity index (χ3n) is 6.94. The third kappa shape index (κ3) is 4.82. The molecule has 1 aliphatic rings. The Morgan fingerprint density at radius 1 is 1.00 bits per heavy atom. The predicted octanol–water partition coefficient (Wildman–Crippen LogP) is 6.05. The van der Waals surface area contributed by atoms with Crippen molar-refractivity contribution in [2.45, 2.75) is 25.8 Å². The number of amides is 1. The molecule has 7 nitrogen and oxygen atoms in total. The van der Waals surface area contributed by atoms with E-state index in [0.717, 1.165) is 28.0 Å². The standard InChI is InChI=1S/C30H29ClN2O5/c1-18-25(32-30(38-18)19-9-11-21(35-2)12-10-19)17-28(34)33-14-13-20-15-26(36-3)27(37-4)16-23(20)29(33)22-7-5-6-8-24(22)31/h5-12,15-16,29H,13-14,17H2,1-4H3. The molecule has 2 heterocycles. The second-order valence-corrected chi connectivity index (χ2v) is 9.50. The minimum Gasteiger partial charge on any atom is -0.497 e. The Hall–Kier alpha value is -3.97. The number of ether oxygens (including phenoxy) is 3. The SMILES string of the molecule is COc1ccc(-c2nc(CC(=O)N3CCc4cc(OC)c(OC)cc4C3c3ccccc3Cl)c(C)o2)cc1. The number of methoxy groups -OCH3 is 3. The minimum absolute atomic E-state index is 0.0620. The van der Waals surface area contributed by atoms with Crippen LogP contribution < -0.4 is 14.2 Å². The van der Waals surface area contributed by atoms with E-state index in [1.54, 1.807) is 21.3 Å². The van der Waals surface area contributed by atoms with Crippen molar-refractivity contribution in [1.29, 1.82) is 0 Å². The fourth-order valence-electron chi connectivity index (χ4n) is 4.94. The Morgan fingerprint density at radius 2 is 1.71 bits per heavy atom. The van der Waals surface area contributed by atoms with Crippen LogP contribution in [0.1, 0.15) is 34.2 Å². The van der Waals surface area contributed by atoms with Crippen LogP contribution in [0.25, 0.3) is 11.5 Å². The molecule has 0 aliphatic carbocycles. The van der Waals surface area contributed by atoms with Gasteiger partial charge < -0.3 is 23.5 Å². The Kier molecular flexibility index (Phi) is 7.29. The van der Waals surface area contributed by atoms with Crippen molar-refractivity contribution >= 4 is 17.5 Å². The van der Waals surface area contributed by atoms with Crippen LogP contribution in [0.2, 0.25) is 5.02 Å². The van der Waals surface area contributed by atoms with E-state index in [2.05, 4.69) is 4.98 Å². The molecule has 3 aromatic carbocycles. The Balaban J connectivity index is 1.49. The fourth-order valence-corrected chi connectivity index (χ4v) is 5.18. The van der Waals surface area contributed by atoms with Crippen molar-refractivity contribution in [3.8, 4) is 28.7 Å². The minimum atomic E-state index is -0.381. The van der Waals surface area contributed by atoms with Crippen LogP contribution in [-0.4, -0.2) is 43.7 Å². The number of fused-ring (bicyclic) bond motifs is 1. The molecule has 38 heavy (non-hydrogen) atoms. The lowest BCUT2D eigenvalue weighted by Crippen LogP contribution is -2.41. The van der Waals surface area contributed by atoms with Gasteiger partial charge in [-0.3, -0.25) is 4.79 Å². The maximum absolute atomic E-state index is 13.9. The van der Waals surface area contributed by atoms with E-state index in [9.17, 15) is 4.79 Å². The van der Waals surface area contributed by atoms with Crippen molar-refractivity contribution < 1.29 is 23.4 Å². The van der Waals surface area contributed by atoms with Crippen molar-refractivity contribution in [2.75, 3.05) is 27.9 Å². The molecule has 4 aromatic rings. The number of nitrogens with zero attached hydrogens (tertiary/aromatic N) is 2. The Bertz CT molecular complexity index is 1460. The maximum atomic E-state index is 13.9. The molecular weight excluding hydrogens is 504 g/mol. The van der Waals surface area contributed by atoms with Gasteiger partial charge in [0, 0.05) is 17.1 Å². The molecule has 1 unspecified atom stereocenters. The summed E-state index contributed by atoms with van der Waals surface area (Å²) >= 11 is 6.67. The van der Waals surface area contributed by atoms with Crippen LogP contribution in [0.5, 0.6) is 17.2 Å². The third-order valence-corrected chi connectivity index (χ3v) is 7.29. The van der Waals surface area contributed by atoms with Gasteiger partial charge in [-0.25, -0.2) is 4.98 Å². The topological polar surface area (TPSA) is 74.0 Å². The quantitative estimate of drug-likeness (QED) is 0.288. The molecule has 0 spiro atoms. The van der Waals surface area contributed by atoms with Crippen LogP contribution in [0.3, 0.4) is 0 Å². The van der Waals surface area contributed by atoms with Crippen molar-refractivity contribution in [2.24, 2.45) is 0 Å². The van der Waals surface area contributed by atoms with Gasteiger partial charge in [-0.05, 0) is 72.5 Å². The zero-order valence-corrected chi connectivity index (χ0v) is 22.5. The second kappa shape index (κ2) is 10.8. The monoisotopic (exact) mass is 532 g/mol.